The van der Waals surface area contributed by atoms with Crippen LogP contribution in [0.4, 0.5) is 0 Å². The summed E-state index contributed by atoms with van der Waals surface area (Å²) in [5, 5.41) is 9.62. The number of quaternary nitrogens is 1. The van der Waals surface area contributed by atoms with Crippen LogP contribution >= 0.6 is 0 Å². The molecule has 0 rings (SSSR count). The lowest BCUT2D eigenvalue weighted by Crippen LogP contribution is -2.50. The first-order valence-electron chi connectivity index (χ1n) is 23.4. The first-order valence-corrected chi connectivity index (χ1v) is 23.4. The van der Waals surface area contributed by atoms with Gasteiger partial charge in [-0.2, -0.15) is 0 Å². The summed E-state index contributed by atoms with van der Waals surface area (Å²) in [5.74, 6) is -1.46. The smallest absolute Gasteiger partial charge is 0.362 e. The molecule has 8 heteroatoms. The summed E-state index contributed by atoms with van der Waals surface area (Å²) in [6.07, 6.45) is 43.6. The third-order valence-corrected chi connectivity index (χ3v) is 10.6. The third kappa shape index (κ3) is 37.4. The second-order valence-corrected chi connectivity index (χ2v) is 17.0. The fraction of sp³-hybridized carbons (Fsp3) is 0.854. The predicted molar refractivity (Wildman–Crippen MR) is 234 cm³/mol. The molecule has 2 atom stereocenters. The quantitative estimate of drug-likeness (QED) is 0.0284. The van der Waals surface area contributed by atoms with E-state index < -0.39 is 18.1 Å². The molecule has 0 aromatic heterocycles. The molecule has 0 aromatic carbocycles. The van der Waals surface area contributed by atoms with Crippen LogP contribution in [0.15, 0.2) is 24.3 Å². The number of carboxylic acids is 1. The number of hydrogen-bond acceptors (Lipinski definition) is 6. The van der Waals surface area contributed by atoms with E-state index in [1.165, 1.54) is 135 Å². The van der Waals surface area contributed by atoms with E-state index in [2.05, 4.69) is 38.2 Å². The highest BCUT2D eigenvalue weighted by Crippen LogP contribution is 2.15. The molecule has 328 valence electrons. The number of carboxylic acid groups (broad SMARTS) is 1. The van der Waals surface area contributed by atoms with Crippen LogP contribution in [0.3, 0.4) is 0 Å². The number of ether oxygens (including phenoxy) is 3. The van der Waals surface area contributed by atoms with Gasteiger partial charge in [-0.1, -0.05) is 173 Å². The summed E-state index contributed by atoms with van der Waals surface area (Å²) in [4.78, 5) is 37.0. The zero-order valence-corrected chi connectivity index (χ0v) is 37.3. The van der Waals surface area contributed by atoms with Crippen molar-refractivity contribution >= 4 is 17.9 Å². The van der Waals surface area contributed by atoms with Gasteiger partial charge in [0.1, 0.15) is 6.61 Å². The molecule has 0 amide bonds. The van der Waals surface area contributed by atoms with Gasteiger partial charge >= 0.3 is 17.9 Å². The topological polar surface area (TPSA) is 99.1 Å². The molecule has 0 radical (unpaired) electrons. The second-order valence-electron chi connectivity index (χ2n) is 17.0. The molecule has 0 saturated carbocycles. The van der Waals surface area contributed by atoms with Gasteiger partial charge < -0.3 is 23.8 Å². The number of aliphatic carboxylic acids is 1. The Morgan fingerprint density at radius 1 is 0.536 bits per heavy atom. The van der Waals surface area contributed by atoms with Crippen molar-refractivity contribution in [3.8, 4) is 0 Å². The molecule has 0 aliphatic heterocycles. The molecule has 56 heavy (non-hydrogen) atoms. The summed E-state index contributed by atoms with van der Waals surface area (Å²) in [6, 6.07) is -0.612. The molecule has 2 unspecified atom stereocenters. The maximum absolute atomic E-state index is 12.7. The Morgan fingerprint density at radius 3 is 1.38 bits per heavy atom. The number of carbonyl (C=O) groups excluding carboxylic acids is 2. The van der Waals surface area contributed by atoms with Gasteiger partial charge in [-0.3, -0.25) is 9.59 Å². The van der Waals surface area contributed by atoms with E-state index in [9.17, 15) is 19.5 Å². The number of nitrogens with zero attached hydrogens (tertiary/aromatic N) is 1. The van der Waals surface area contributed by atoms with E-state index in [-0.39, 0.29) is 36.2 Å². The number of likely N-dealkylation sites (N-methyl/N-ethyl adjacent to an activating group) is 1. The monoisotopic (exact) mass is 793 g/mol. The lowest BCUT2D eigenvalue weighted by Gasteiger charge is -2.31. The standard InChI is InChI=1S/C48H89NO7/c1-6-8-10-12-14-16-18-19-20-21-22-23-24-25-26-27-29-31-33-35-37-39-47(51)56-44(42-54-41-40-45(48(52)53)49(3,4)5)43-55-46(50)38-36-34-32-30-28-17-15-13-11-9-7-2/h18-19,21-22,44-45H,6-17,20,23-43H2,1-5H3/p+1/b19-18-,22-21-. The second kappa shape index (κ2) is 39.6. The first-order chi connectivity index (χ1) is 27.1. The summed E-state index contributed by atoms with van der Waals surface area (Å²) >= 11 is 0. The van der Waals surface area contributed by atoms with Gasteiger partial charge in [-0.15, -0.1) is 0 Å². The Kier molecular flexibility index (Phi) is 38.1. The van der Waals surface area contributed by atoms with Gasteiger partial charge in [-0.05, 0) is 44.9 Å². The molecular formula is C48H90NO7+. The van der Waals surface area contributed by atoms with Crippen LogP contribution in [0.1, 0.15) is 213 Å². The maximum atomic E-state index is 12.7. The Labute approximate surface area is 345 Å². The molecule has 0 spiro atoms. The molecule has 0 heterocycles. The van der Waals surface area contributed by atoms with E-state index >= 15 is 0 Å². The summed E-state index contributed by atoms with van der Waals surface area (Å²) in [5.41, 5.74) is 0. The van der Waals surface area contributed by atoms with Crippen molar-refractivity contribution in [2.45, 2.75) is 225 Å². The van der Waals surface area contributed by atoms with Gasteiger partial charge in [0.15, 0.2) is 12.1 Å². The average Bonchev–Trinajstić information content (AvgIpc) is 3.15. The normalized spacial score (nSPS) is 13.1. The van der Waals surface area contributed by atoms with E-state index in [1.54, 1.807) is 0 Å². The van der Waals surface area contributed by atoms with Gasteiger partial charge in [-0.25, -0.2) is 4.79 Å². The van der Waals surface area contributed by atoms with Crippen LogP contribution in [0.5, 0.6) is 0 Å². The number of unbranched alkanes of at least 4 members (excludes halogenated alkanes) is 24. The molecular weight excluding hydrogens is 703 g/mol. The molecule has 0 fully saturated rings. The van der Waals surface area contributed by atoms with Crippen LogP contribution in [0.25, 0.3) is 0 Å². The molecule has 0 aliphatic carbocycles. The van der Waals surface area contributed by atoms with E-state index in [1.807, 2.05) is 21.1 Å². The lowest BCUT2D eigenvalue weighted by molar-refractivity contribution is -0.887. The van der Waals surface area contributed by atoms with Gasteiger partial charge in [0.2, 0.25) is 0 Å². The van der Waals surface area contributed by atoms with Gasteiger partial charge in [0.05, 0.1) is 34.4 Å². The highest BCUT2D eigenvalue weighted by atomic mass is 16.6. The SMILES string of the molecule is CCCCCCC/C=C\C/C=C\CCCCCCCCCCCC(=O)OC(COCCC(C(=O)O)[N+](C)(C)C)COC(=O)CCCCCCCCCCCCC. The number of rotatable bonds is 42. The Hall–Kier alpha value is -2.19. The Bertz CT molecular complexity index is 973. The summed E-state index contributed by atoms with van der Waals surface area (Å²) in [6.45, 7) is 4.73. The first kappa shape index (κ1) is 53.8. The minimum Gasteiger partial charge on any atom is -0.477 e. The van der Waals surface area contributed by atoms with Crippen LogP contribution < -0.4 is 0 Å². The van der Waals surface area contributed by atoms with Crippen molar-refractivity contribution in [1.29, 1.82) is 0 Å². The number of esters is 2. The zero-order valence-electron chi connectivity index (χ0n) is 37.3. The number of allylic oxidation sites excluding steroid dienone is 4. The van der Waals surface area contributed by atoms with Gasteiger partial charge in [0.25, 0.3) is 0 Å². The van der Waals surface area contributed by atoms with Crippen molar-refractivity contribution in [3.05, 3.63) is 24.3 Å². The third-order valence-electron chi connectivity index (χ3n) is 10.6. The summed E-state index contributed by atoms with van der Waals surface area (Å²) in [7, 11) is 5.53. The molecule has 0 aliphatic rings. The van der Waals surface area contributed by atoms with Crippen LogP contribution in [0.2, 0.25) is 0 Å². The average molecular weight is 793 g/mol. The number of hydrogen-bond donors (Lipinski definition) is 1. The summed E-state index contributed by atoms with van der Waals surface area (Å²) < 4.78 is 17.3. The van der Waals surface area contributed by atoms with Crippen molar-refractivity contribution < 1.29 is 38.2 Å². The van der Waals surface area contributed by atoms with E-state index in [4.69, 9.17) is 14.2 Å². The molecule has 1 N–H and O–H groups in total. The fourth-order valence-electron chi connectivity index (χ4n) is 6.95. The van der Waals surface area contributed by atoms with Crippen molar-refractivity contribution in [3.63, 3.8) is 0 Å². The Morgan fingerprint density at radius 2 is 0.946 bits per heavy atom. The van der Waals surface area contributed by atoms with E-state index in [0.29, 0.717) is 19.3 Å². The zero-order chi connectivity index (χ0) is 41.4. The van der Waals surface area contributed by atoms with Gasteiger partial charge in [0, 0.05) is 19.3 Å². The van der Waals surface area contributed by atoms with Crippen molar-refractivity contribution in [2.24, 2.45) is 0 Å². The minimum atomic E-state index is -0.874. The molecule has 8 nitrogen and oxygen atoms in total. The predicted octanol–water partition coefficient (Wildman–Crippen LogP) is 12.9. The van der Waals surface area contributed by atoms with Crippen LogP contribution in [-0.4, -0.2) is 80.6 Å². The lowest BCUT2D eigenvalue weighted by atomic mass is 10.1. The molecule has 0 saturated heterocycles. The minimum absolute atomic E-state index is 0.0484. The largest absolute Gasteiger partial charge is 0.477 e. The van der Waals surface area contributed by atoms with E-state index in [0.717, 1.165) is 44.9 Å². The molecule has 0 bridgehead atoms. The van der Waals surface area contributed by atoms with Crippen LogP contribution in [-0.2, 0) is 28.6 Å². The Balaban J connectivity index is 4.25. The van der Waals surface area contributed by atoms with Crippen molar-refractivity contribution in [2.75, 3.05) is 41.0 Å². The highest BCUT2D eigenvalue weighted by Gasteiger charge is 2.31. The van der Waals surface area contributed by atoms with Crippen LogP contribution in [0, 0.1) is 0 Å². The highest BCUT2D eigenvalue weighted by molar-refractivity contribution is 5.72. The van der Waals surface area contributed by atoms with Crippen molar-refractivity contribution in [1.82, 2.24) is 0 Å². The number of carbonyl (C=O) groups is 3. The fourth-order valence-corrected chi connectivity index (χ4v) is 6.95. The molecule has 0 aromatic rings. The maximum Gasteiger partial charge on any atom is 0.362 e.